The zero-order valence-electron chi connectivity index (χ0n) is 11.1. The molecule has 1 heterocycles. The number of nitrogens with zero attached hydrogens (tertiary/aromatic N) is 1. The van der Waals surface area contributed by atoms with Gasteiger partial charge in [-0.05, 0) is 34.6 Å². The average Bonchev–Trinajstić information content (AvgIpc) is 2.13. The van der Waals surface area contributed by atoms with Gasteiger partial charge in [0.2, 0.25) is 0 Å². The first-order valence-electron chi connectivity index (χ1n) is 5.92. The van der Waals surface area contributed by atoms with Gasteiger partial charge in [0.15, 0.2) is 0 Å². The number of hydrogen-bond donors (Lipinski definition) is 0. The summed E-state index contributed by atoms with van der Waals surface area (Å²) in [5, 5.41) is 0. The van der Waals surface area contributed by atoms with Crippen LogP contribution in [0.2, 0.25) is 0 Å². The van der Waals surface area contributed by atoms with Gasteiger partial charge in [0.05, 0.1) is 12.5 Å². The molecular formula is C12H21NO4. The zero-order valence-corrected chi connectivity index (χ0v) is 11.1. The van der Waals surface area contributed by atoms with Crippen LogP contribution in [0.15, 0.2) is 0 Å². The molecule has 0 radical (unpaired) electrons. The van der Waals surface area contributed by atoms with Gasteiger partial charge in [0, 0.05) is 12.6 Å². The highest BCUT2D eigenvalue weighted by molar-refractivity contribution is 5.79. The van der Waals surface area contributed by atoms with Crippen molar-refractivity contribution in [2.75, 3.05) is 13.2 Å². The smallest absolute Gasteiger partial charge is 0.410 e. The largest absolute Gasteiger partial charge is 0.466 e. The maximum atomic E-state index is 11.7. The van der Waals surface area contributed by atoms with E-state index in [1.165, 1.54) is 0 Å². The first kappa shape index (κ1) is 13.8. The number of ether oxygens (including phenoxy) is 2. The van der Waals surface area contributed by atoms with E-state index >= 15 is 0 Å². The summed E-state index contributed by atoms with van der Waals surface area (Å²) in [6.45, 7) is 9.81. The lowest BCUT2D eigenvalue weighted by atomic mass is 9.90. The van der Waals surface area contributed by atoms with Gasteiger partial charge < -0.3 is 14.4 Å². The fraction of sp³-hybridized carbons (Fsp3) is 0.833. The van der Waals surface area contributed by atoms with Gasteiger partial charge in [-0.1, -0.05) is 0 Å². The predicted molar refractivity (Wildman–Crippen MR) is 62.5 cm³/mol. The molecule has 5 nitrogen and oxygen atoms in total. The number of esters is 1. The molecule has 1 rings (SSSR count). The summed E-state index contributed by atoms with van der Waals surface area (Å²) in [5.74, 6) is -0.456. The lowest BCUT2D eigenvalue weighted by Crippen LogP contribution is -2.60. The first-order valence-corrected chi connectivity index (χ1v) is 5.92. The van der Waals surface area contributed by atoms with Crippen LogP contribution in [0.5, 0.6) is 0 Å². The molecule has 2 atom stereocenters. The Hall–Kier alpha value is -1.26. The van der Waals surface area contributed by atoms with E-state index in [9.17, 15) is 9.59 Å². The first-order chi connectivity index (χ1) is 7.76. The summed E-state index contributed by atoms with van der Waals surface area (Å²) >= 11 is 0. The topological polar surface area (TPSA) is 55.8 Å². The van der Waals surface area contributed by atoms with Gasteiger partial charge in [-0.15, -0.1) is 0 Å². The molecule has 0 saturated carbocycles. The Morgan fingerprint density at radius 1 is 1.35 bits per heavy atom. The van der Waals surface area contributed by atoms with Crippen molar-refractivity contribution in [3.05, 3.63) is 0 Å². The molecule has 0 spiro atoms. The van der Waals surface area contributed by atoms with Crippen molar-refractivity contribution in [1.29, 1.82) is 0 Å². The Bertz CT molecular complexity index is 308. The maximum absolute atomic E-state index is 11.7. The van der Waals surface area contributed by atoms with Crippen LogP contribution in [0.1, 0.15) is 34.6 Å². The summed E-state index contributed by atoms with van der Waals surface area (Å²) in [6, 6.07) is -0.149. The molecule has 1 fully saturated rings. The second kappa shape index (κ2) is 4.94. The van der Waals surface area contributed by atoms with E-state index in [2.05, 4.69) is 0 Å². The summed E-state index contributed by atoms with van der Waals surface area (Å²) in [7, 11) is 0. The average molecular weight is 243 g/mol. The van der Waals surface area contributed by atoms with E-state index in [4.69, 9.17) is 9.47 Å². The van der Waals surface area contributed by atoms with E-state index in [-0.39, 0.29) is 24.0 Å². The van der Waals surface area contributed by atoms with Crippen molar-refractivity contribution in [3.63, 3.8) is 0 Å². The zero-order chi connectivity index (χ0) is 13.2. The third-order valence-electron chi connectivity index (χ3n) is 2.68. The molecule has 1 aliphatic heterocycles. The molecule has 17 heavy (non-hydrogen) atoms. The molecule has 98 valence electrons. The molecule has 1 aliphatic rings. The summed E-state index contributed by atoms with van der Waals surface area (Å²) in [6.07, 6.45) is -0.370. The van der Waals surface area contributed by atoms with Gasteiger partial charge in [0.1, 0.15) is 5.60 Å². The van der Waals surface area contributed by atoms with Crippen LogP contribution in [0.25, 0.3) is 0 Å². The normalized spacial score (nSPS) is 23.9. The van der Waals surface area contributed by atoms with E-state index in [1.54, 1.807) is 11.8 Å². The van der Waals surface area contributed by atoms with Crippen molar-refractivity contribution in [3.8, 4) is 0 Å². The van der Waals surface area contributed by atoms with Crippen LogP contribution in [-0.4, -0.2) is 41.8 Å². The number of rotatable bonds is 2. The SMILES string of the molecule is CCOC(=O)C1CN(C(=O)OC(C)(C)C)C1C. The number of likely N-dealkylation sites (tertiary alicyclic amines) is 1. The highest BCUT2D eigenvalue weighted by Gasteiger charge is 2.45. The number of carbonyl (C=O) groups excluding carboxylic acids is 2. The third-order valence-corrected chi connectivity index (χ3v) is 2.68. The minimum Gasteiger partial charge on any atom is -0.466 e. The number of hydrogen-bond acceptors (Lipinski definition) is 4. The second-order valence-corrected chi connectivity index (χ2v) is 5.23. The number of amides is 1. The summed E-state index contributed by atoms with van der Waals surface area (Å²) in [5.41, 5.74) is -0.508. The molecule has 0 N–H and O–H groups in total. The van der Waals surface area contributed by atoms with E-state index in [0.717, 1.165) is 0 Å². The van der Waals surface area contributed by atoms with Crippen LogP contribution in [0.3, 0.4) is 0 Å². The Morgan fingerprint density at radius 2 is 1.94 bits per heavy atom. The molecule has 1 amide bonds. The van der Waals surface area contributed by atoms with Crippen LogP contribution in [0, 0.1) is 5.92 Å². The van der Waals surface area contributed by atoms with Crippen molar-refractivity contribution < 1.29 is 19.1 Å². The Morgan fingerprint density at radius 3 is 2.35 bits per heavy atom. The third kappa shape index (κ3) is 3.35. The Labute approximate surface area is 102 Å². The van der Waals surface area contributed by atoms with Crippen LogP contribution < -0.4 is 0 Å². The molecule has 0 bridgehead atoms. The van der Waals surface area contributed by atoms with Crippen LogP contribution in [0.4, 0.5) is 4.79 Å². The van der Waals surface area contributed by atoms with E-state index in [0.29, 0.717) is 13.2 Å². The molecule has 0 aromatic carbocycles. The van der Waals surface area contributed by atoms with Crippen molar-refractivity contribution in [1.82, 2.24) is 4.90 Å². The predicted octanol–water partition coefficient (Wildman–Crippen LogP) is 1.80. The lowest BCUT2D eigenvalue weighted by Gasteiger charge is -2.44. The summed E-state index contributed by atoms with van der Waals surface area (Å²) < 4.78 is 10.2. The van der Waals surface area contributed by atoms with Gasteiger partial charge in [0.25, 0.3) is 0 Å². The highest BCUT2D eigenvalue weighted by atomic mass is 16.6. The van der Waals surface area contributed by atoms with Crippen molar-refractivity contribution >= 4 is 12.1 Å². The molecule has 0 aliphatic carbocycles. The quantitative estimate of drug-likeness (QED) is 0.694. The minimum atomic E-state index is -0.508. The van der Waals surface area contributed by atoms with E-state index in [1.807, 2.05) is 27.7 Å². The lowest BCUT2D eigenvalue weighted by molar-refractivity contribution is -0.157. The fourth-order valence-corrected chi connectivity index (χ4v) is 1.69. The molecule has 0 aromatic rings. The Balaban J connectivity index is 2.47. The molecule has 5 heteroatoms. The Kier molecular flexibility index (Phi) is 4.01. The summed E-state index contributed by atoms with van der Waals surface area (Å²) in [4.78, 5) is 24.8. The van der Waals surface area contributed by atoms with Crippen molar-refractivity contribution in [2.24, 2.45) is 5.92 Å². The molecular weight excluding hydrogens is 222 g/mol. The van der Waals surface area contributed by atoms with E-state index < -0.39 is 5.60 Å². The van der Waals surface area contributed by atoms with Crippen LogP contribution >= 0.6 is 0 Å². The molecule has 2 unspecified atom stereocenters. The van der Waals surface area contributed by atoms with Crippen molar-refractivity contribution in [2.45, 2.75) is 46.3 Å². The second-order valence-electron chi connectivity index (χ2n) is 5.23. The maximum Gasteiger partial charge on any atom is 0.410 e. The van der Waals surface area contributed by atoms with Gasteiger partial charge >= 0.3 is 12.1 Å². The minimum absolute atomic E-state index is 0.149. The molecule has 0 aromatic heterocycles. The van der Waals surface area contributed by atoms with Gasteiger partial charge in [-0.25, -0.2) is 4.79 Å². The fourth-order valence-electron chi connectivity index (χ4n) is 1.69. The van der Waals surface area contributed by atoms with Crippen LogP contribution in [-0.2, 0) is 14.3 Å². The number of carbonyl (C=O) groups is 2. The standard InChI is InChI=1S/C12H21NO4/c1-6-16-10(14)9-7-13(8(9)2)11(15)17-12(3,4)5/h8-9H,6-7H2,1-5H3. The van der Waals surface area contributed by atoms with Gasteiger partial charge in [-0.2, -0.15) is 0 Å². The molecule has 1 saturated heterocycles. The monoisotopic (exact) mass is 243 g/mol. The highest BCUT2D eigenvalue weighted by Crippen LogP contribution is 2.27. The van der Waals surface area contributed by atoms with Gasteiger partial charge in [-0.3, -0.25) is 4.79 Å².